The lowest BCUT2D eigenvalue weighted by Gasteiger charge is -2.12. The summed E-state index contributed by atoms with van der Waals surface area (Å²) in [5.41, 5.74) is 3.31. The normalized spacial score (nSPS) is 11.1. The van der Waals surface area contributed by atoms with E-state index in [4.69, 9.17) is 21.3 Å². The van der Waals surface area contributed by atoms with Crippen LogP contribution in [0.1, 0.15) is 11.4 Å². The molecule has 28 heavy (non-hydrogen) atoms. The van der Waals surface area contributed by atoms with Gasteiger partial charge in [0.1, 0.15) is 18.2 Å². The van der Waals surface area contributed by atoms with Crippen molar-refractivity contribution in [2.24, 2.45) is 0 Å². The number of thioether (sulfide) groups is 1. The molecule has 0 saturated carbocycles. The van der Waals surface area contributed by atoms with Crippen LogP contribution in [0.15, 0.2) is 77.7 Å². The molecule has 4 rings (SSSR count). The molecular formula is C23H21ClN2OS. The molecule has 0 bridgehead atoms. The summed E-state index contributed by atoms with van der Waals surface area (Å²) in [6, 6.07) is 24.3. The van der Waals surface area contributed by atoms with Crippen LogP contribution in [0.25, 0.3) is 11.0 Å². The molecule has 0 amide bonds. The van der Waals surface area contributed by atoms with Crippen LogP contribution in [-0.4, -0.2) is 16.2 Å². The lowest BCUT2D eigenvalue weighted by molar-refractivity contribution is 0.297. The zero-order chi connectivity index (χ0) is 19.3. The van der Waals surface area contributed by atoms with Crippen molar-refractivity contribution in [3.05, 3.63) is 89.2 Å². The highest BCUT2D eigenvalue weighted by molar-refractivity contribution is 7.98. The second-order valence-electron chi connectivity index (χ2n) is 6.52. The molecule has 3 aromatic carbocycles. The van der Waals surface area contributed by atoms with Gasteiger partial charge in [-0.1, -0.05) is 41.9 Å². The SMILES string of the molecule is Cc1ccccc1OCCn1c(CSc2ccc(Cl)cc2)nc2ccccc21. The molecule has 0 unspecified atom stereocenters. The summed E-state index contributed by atoms with van der Waals surface area (Å²) in [6.45, 7) is 3.42. The third kappa shape index (κ3) is 4.34. The van der Waals surface area contributed by atoms with E-state index in [1.54, 1.807) is 11.8 Å². The number of rotatable bonds is 7. The fourth-order valence-electron chi connectivity index (χ4n) is 3.13. The molecule has 1 aromatic heterocycles. The van der Waals surface area contributed by atoms with Gasteiger partial charge in [-0.3, -0.25) is 0 Å². The van der Waals surface area contributed by atoms with Gasteiger partial charge >= 0.3 is 0 Å². The molecule has 142 valence electrons. The zero-order valence-corrected chi connectivity index (χ0v) is 17.2. The van der Waals surface area contributed by atoms with Gasteiger partial charge < -0.3 is 9.30 Å². The Morgan fingerprint density at radius 3 is 2.54 bits per heavy atom. The summed E-state index contributed by atoms with van der Waals surface area (Å²) in [5.74, 6) is 2.78. The molecule has 0 aliphatic rings. The van der Waals surface area contributed by atoms with Crippen LogP contribution in [0.2, 0.25) is 5.02 Å². The van der Waals surface area contributed by atoms with E-state index in [1.165, 1.54) is 4.90 Å². The first-order chi connectivity index (χ1) is 13.7. The van der Waals surface area contributed by atoms with Crippen LogP contribution >= 0.6 is 23.4 Å². The quantitative estimate of drug-likeness (QED) is 0.332. The van der Waals surface area contributed by atoms with Gasteiger partial charge in [-0.15, -0.1) is 11.8 Å². The number of fused-ring (bicyclic) bond motifs is 1. The van der Waals surface area contributed by atoms with Crippen LogP contribution in [0.4, 0.5) is 0 Å². The van der Waals surface area contributed by atoms with Crippen LogP contribution in [0.5, 0.6) is 5.75 Å². The number of benzene rings is 3. The molecule has 0 fully saturated rings. The Hall–Kier alpha value is -2.43. The van der Waals surface area contributed by atoms with Crippen molar-refractivity contribution in [3.8, 4) is 5.75 Å². The Labute approximate surface area is 174 Å². The lowest BCUT2D eigenvalue weighted by Crippen LogP contribution is -2.11. The molecule has 0 radical (unpaired) electrons. The van der Waals surface area contributed by atoms with Gasteiger partial charge in [-0.2, -0.15) is 0 Å². The average molecular weight is 409 g/mol. The fourth-order valence-corrected chi connectivity index (χ4v) is 4.10. The van der Waals surface area contributed by atoms with Crippen molar-refractivity contribution < 1.29 is 4.74 Å². The lowest BCUT2D eigenvalue weighted by atomic mass is 10.2. The van der Waals surface area contributed by atoms with Crippen molar-refractivity contribution in [1.29, 1.82) is 0 Å². The molecule has 0 atom stereocenters. The molecule has 3 nitrogen and oxygen atoms in total. The Bertz CT molecular complexity index is 1080. The molecule has 0 aliphatic heterocycles. The van der Waals surface area contributed by atoms with Crippen molar-refractivity contribution in [3.63, 3.8) is 0 Å². The minimum Gasteiger partial charge on any atom is -0.491 e. The van der Waals surface area contributed by atoms with Crippen LogP contribution in [0, 0.1) is 6.92 Å². The van der Waals surface area contributed by atoms with Gasteiger partial charge in [0.2, 0.25) is 0 Å². The van der Waals surface area contributed by atoms with Crippen LogP contribution < -0.4 is 4.74 Å². The Kier molecular flexibility index (Phi) is 5.89. The monoisotopic (exact) mass is 408 g/mol. The van der Waals surface area contributed by atoms with Crippen LogP contribution in [0.3, 0.4) is 0 Å². The van der Waals surface area contributed by atoms with Crippen molar-refractivity contribution in [2.75, 3.05) is 6.61 Å². The Morgan fingerprint density at radius 1 is 0.964 bits per heavy atom. The van der Waals surface area contributed by atoms with Gasteiger partial charge in [0, 0.05) is 9.92 Å². The maximum absolute atomic E-state index is 6.02. The maximum atomic E-state index is 6.02. The third-order valence-corrected chi connectivity index (χ3v) is 5.84. The number of hydrogen-bond donors (Lipinski definition) is 0. The van der Waals surface area contributed by atoms with Crippen molar-refractivity contribution in [1.82, 2.24) is 9.55 Å². The molecule has 0 aliphatic carbocycles. The van der Waals surface area contributed by atoms with Gasteiger partial charge in [0.05, 0.1) is 23.3 Å². The van der Waals surface area contributed by atoms with E-state index in [9.17, 15) is 0 Å². The van der Waals surface area contributed by atoms with E-state index in [-0.39, 0.29) is 0 Å². The summed E-state index contributed by atoms with van der Waals surface area (Å²) in [7, 11) is 0. The first-order valence-electron chi connectivity index (χ1n) is 9.21. The minimum absolute atomic E-state index is 0.601. The molecule has 5 heteroatoms. The van der Waals surface area contributed by atoms with Crippen molar-refractivity contribution >= 4 is 34.4 Å². The number of imidazole rings is 1. The number of ether oxygens (including phenoxy) is 1. The Balaban J connectivity index is 1.51. The van der Waals surface area contributed by atoms with E-state index in [1.807, 2.05) is 48.5 Å². The Morgan fingerprint density at radius 2 is 1.71 bits per heavy atom. The highest BCUT2D eigenvalue weighted by atomic mass is 35.5. The number of para-hydroxylation sites is 3. The van der Waals surface area contributed by atoms with Gasteiger partial charge in [0.15, 0.2) is 0 Å². The van der Waals surface area contributed by atoms with Gasteiger partial charge in [-0.25, -0.2) is 4.98 Å². The van der Waals surface area contributed by atoms with E-state index in [0.717, 1.165) is 45.5 Å². The van der Waals surface area contributed by atoms with Gasteiger partial charge in [0.25, 0.3) is 0 Å². The maximum Gasteiger partial charge on any atom is 0.122 e. The summed E-state index contributed by atoms with van der Waals surface area (Å²) >= 11 is 7.75. The van der Waals surface area contributed by atoms with Crippen LogP contribution in [-0.2, 0) is 12.3 Å². The largest absolute Gasteiger partial charge is 0.491 e. The molecule has 4 aromatic rings. The summed E-state index contributed by atoms with van der Waals surface area (Å²) in [6.07, 6.45) is 0. The minimum atomic E-state index is 0.601. The van der Waals surface area contributed by atoms with E-state index < -0.39 is 0 Å². The fraction of sp³-hybridized carbons (Fsp3) is 0.174. The van der Waals surface area contributed by atoms with Gasteiger partial charge in [-0.05, 0) is 55.0 Å². The second kappa shape index (κ2) is 8.72. The standard InChI is InChI=1S/C23H21ClN2OS/c1-17-6-2-5-9-22(17)27-15-14-26-21-8-4-3-7-20(21)25-23(26)16-28-19-12-10-18(24)11-13-19/h2-13H,14-16H2,1H3. The predicted molar refractivity (Wildman–Crippen MR) is 117 cm³/mol. The van der Waals surface area contributed by atoms with E-state index in [2.05, 4.69) is 35.8 Å². The topological polar surface area (TPSA) is 27.1 Å². The molecule has 0 N–H and O–H groups in total. The predicted octanol–water partition coefficient (Wildman–Crippen LogP) is 6.37. The average Bonchev–Trinajstić information content (AvgIpc) is 3.07. The molecular weight excluding hydrogens is 388 g/mol. The number of hydrogen-bond acceptors (Lipinski definition) is 3. The second-order valence-corrected chi connectivity index (χ2v) is 8.01. The number of aromatic nitrogens is 2. The third-order valence-electron chi connectivity index (χ3n) is 4.58. The number of nitrogens with zero attached hydrogens (tertiary/aromatic N) is 2. The highest BCUT2D eigenvalue weighted by Gasteiger charge is 2.11. The first-order valence-corrected chi connectivity index (χ1v) is 10.6. The number of aryl methyl sites for hydroxylation is 1. The molecule has 0 spiro atoms. The first kappa shape index (κ1) is 18.9. The molecule has 1 heterocycles. The molecule has 0 saturated heterocycles. The van der Waals surface area contributed by atoms with E-state index in [0.29, 0.717) is 6.61 Å². The smallest absolute Gasteiger partial charge is 0.122 e. The van der Waals surface area contributed by atoms with E-state index >= 15 is 0 Å². The summed E-state index contributed by atoms with van der Waals surface area (Å²) in [5, 5.41) is 0.755. The summed E-state index contributed by atoms with van der Waals surface area (Å²) < 4.78 is 8.28. The highest BCUT2D eigenvalue weighted by Crippen LogP contribution is 2.26. The number of halogens is 1. The van der Waals surface area contributed by atoms with Crippen molar-refractivity contribution in [2.45, 2.75) is 24.1 Å². The summed E-state index contributed by atoms with van der Waals surface area (Å²) in [4.78, 5) is 6.03. The zero-order valence-electron chi connectivity index (χ0n) is 15.6.